The van der Waals surface area contributed by atoms with Crippen molar-refractivity contribution in [2.24, 2.45) is 11.7 Å². The minimum atomic E-state index is -1.17. The maximum absolute atomic E-state index is 13.4. The molecule has 0 bridgehead atoms. The first-order chi connectivity index (χ1) is 18.5. The molecule has 0 saturated heterocycles. The van der Waals surface area contributed by atoms with Crippen molar-refractivity contribution >= 4 is 35.5 Å². The average Bonchev–Trinajstić information content (AvgIpc) is 2.90. The Balaban J connectivity index is 2.18. The van der Waals surface area contributed by atoms with Crippen LogP contribution in [0.4, 0.5) is 0 Å². The summed E-state index contributed by atoms with van der Waals surface area (Å²) in [5, 5.41) is 26.9. The van der Waals surface area contributed by atoms with Crippen molar-refractivity contribution in [2.45, 2.75) is 57.3 Å². The van der Waals surface area contributed by atoms with Gasteiger partial charge in [0, 0.05) is 6.42 Å². The van der Waals surface area contributed by atoms with Crippen molar-refractivity contribution in [3.63, 3.8) is 0 Å². The van der Waals surface area contributed by atoms with Crippen molar-refractivity contribution in [3.8, 4) is 5.75 Å². The molecule has 0 heterocycles. The van der Waals surface area contributed by atoms with Gasteiger partial charge in [-0.05, 0) is 54.0 Å². The summed E-state index contributed by atoms with van der Waals surface area (Å²) in [4.78, 5) is 51.1. The van der Waals surface area contributed by atoms with Gasteiger partial charge in [0.15, 0.2) is 0 Å². The molecule has 2 aromatic rings. The number of nitrogens with two attached hydrogens (primary N) is 1. The summed E-state index contributed by atoms with van der Waals surface area (Å²) in [6, 6.07) is 11.3. The molecule has 212 valence electrons. The van der Waals surface area contributed by atoms with Crippen molar-refractivity contribution in [3.05, 3.63) is 65.7 Å². The number of carbonyl (C=O) groups excluding carboxylic acids is 3. The number of rotatable bonds is 15. The highest BCUT2D eigenvalue weighted by molar-refractivity contribution is 7.98. The first-order valence-electron chi connectivity index (χ1n) is 12.7. The number of phenolic OH excluding ortho intramolecular Hbond substituents is 1. The number of hydrogen-bond donors (Lipinski definition) is 6. The van der Waals surface area contributed by atoms with Crippen LogP contribution in [-0.4, -0.2) is 70.1 Å². The maximum Gasteiger partial charge on any atom is 0.326 e. The highest BCUT2D eigenvalue weighted by Gasteiger charge is 2.31. The average molecular weight is 559 g/mol. The molecule has 3 amide bonds. The van der Waals surface area contributed by atoms with Crippen LogP contribution in [0.1, 0.15) is 31.4 Å². The van der Waals surface area contributed by atoms with E-state index in [0.29, 0.717) is 12.2 Å². The molecule has 4 unspecified atom stereocenters. The molecule has 0 saturated carbocycles. The van der Waals surface area contributed by atoms with Gasteiger partial charge in [0.05, 0.1) is 6.04 Å². The Morgan fingerprint density at radius 2 is 1.38 bits per heavy atom. The zero-order valence-electron chi connectivity index (χ0n) is 22.4. The molecular formula is C28H38N4O6S. The third-order valence-corrected chi connectivity index (χ3v) is 6.76. The SMILES string of the molecule is CSCCC(NC(=O)C(N)Cc1ccc(O)cc1)C(=O)NC(Cc1ccccc1)C(=O)NC(C(=O)O)C(C)C. The number of nitrogens with one attached hydrogen (secondary N) is 3. The van der Waals surface area contributed by atoms with E-state index in [0.717, 1.165) is 11.1 Å². The topological polar surface area (TPSA) is 171 Å². The molecule has 2 rings (SSSR count). The summed E-state index contributed by atoms with van der Waals surface area (Å²) in [7, 11) is 0. The first-order valence-corrected chi connectivity index (χ1v) is 14.1. The van der Waals surface area contributed by atoms with Gasteiger partial charge in [0.1, 0.15) is 23.9 Å². The smallest absolute Gasteiger partial charge is 0.326 e. The van der Waals surface area contributed by atoms with Gasteiger partial charge >= 0.3 is 5.97 Å². The van der Waals surface area contributed by atoms with Gasteiger partial charge in [-0.25, -0.2) is 4.79 Å². The number of thioether (sulfide) groups is 1. The lowest BCUT2D eigenvalue weighted by Crippen LogP contribution is -2.58. The molecule has 0 aliphatic carbocycles. The van der Waals surface area contributed by atoms with E-state index in [2.05, 4.69) is 16.0 Å². The number of aliphatic carboxylic acids is 1. The molecule has 4 atom stereocenters. The van der Waals surface area contributed by atoms with E-state index in [4.69, 9.17) is 5.73 Å². The van der Waals surface area contributed by atoms with Crippen LogP contribution in [0.15, 0.2) is 54.6 Å². The normalized spacial score (nSPS) is 14.1. The molecule has 11 heteroatoms. The summed E-state index contributed by atoms with van der Waals surface area (Å²) >= 11 is 1.50. The van der Waals surface area contributed by atoms with Gasteiger partial charge < -0.3 is 31.9 Å². The third kappa shape index (κ3) is 10.6. The first kappa shape index (κ1) is 31.6. The van der Waals surface area contributed by atoms with Gasteiger partial charge in [0.2, 0.25) is 17.7 Å². The molecule has 0 aliphatic heterocycles. The quantitative estimate of drug-likeness (QED) is 0.191. The van der Waals surface area contributed by atoms with Crippen LogP contribution in [0, 0.1) is 5.92 Å². The summed E-state index contributed by atoms with van der Waals surface area (Å²) in [5.41, 5.74) is 7.62. The Morgan fingerprint density at radius 1 is 0.821 bits per heavy atom. The summed E-state index contributed by atoms with van der Waals surface area (Å²) in [6.45, 7) is 3.36. The van der Waals surface area contributed by atoms with Crippen LogP contribution in [-0.2, 0) is 32.0 Å². The molecule has 0 aromatic heterocycles. The lowest BCUT2D eigenvalue weighted by atomic mass is 10.0. The zero-order valence-corrected chi connectivity index (χ0v) is 23.2. The summed E-state index contributed by atoms with van der Waals surface area (Å²) < 4.78 is 0. The number of phenols is 1. The van der Waals surface area contributed by atoms with Crippen molar-refractivity contribution in [2.75, 3.05) is 12.0 Å². The Hall–Kier alpha value is -3.57. The number of amides is 3. The van der Waals surface area contributed by atoms with Crippen molar-refractivity contribution < 1.29 is 29.4 Å². The number of carbonyl (C=O) groups is 4. The second-order valence-corrected chi connectivity index (χ2v) is 10.6. The van der Waals surface area contributed by atoms with Crippen LogP contribution in [0.2, 0.25) is 0 Å². The van der Waals surface area contributed by atoms with E-state index in [1.54, 1.807) is 50.2 Å². The minimum absolute atomic E-state index is 0.0998. The predicted octanol–water partition coefficient (Wildman–Crippen LogP) is 1.45. The fourth-order valence-electron chi connectivity index (χ4n) is 3.86. The van der Waals surface area contributed by atoms with Crippen LogP contribution in [0.5, 0.6) is 5.75 Å². The lowest BCUT2D eigenvalue weighted by molar-refractivity contribution is -0.143. The fraction of sp³-hybridized carbons (Fsp3) is 0.429. The van der Waals surface area contributed by atoms with Crippen molar-refractivity contribution in [1.82, 2.24) is 16.0 Å². The molecule has 39 heavy (non-hydrogen) atoms. The largest absolute Gasteiger partial charge is 0.508 e. The van der Waals surface area contributed by atoms with Gasteiger partial charge in [-0.1, -0.05) is 56.3 Å². The third-order valence-electron chi connectivity index (χ3n) is 6.12. The minimum Gasteiger partial charge on any atom is -0.508 e. The van der Waals surface area contributed by atoms with E-state index < -0.39 is 47.9 Å². The second kappa shape index (κ2) is 15.7. The van der Waals surface area contributed by atoms with E-state index in [1.807, 2.05) is 12.3 Å². The number of aromatic hydroxyl groups is 1. The van der Waals surface area contributed by atoms with E-state index >= 15 is 0 Å². The standard InChI is InChI=1S/C28H38N4O6S/c1-17(2)24(28(37)38)32-27(36)23(16-18-7-5-4-6-8-18)31-26(35)22(13-14-39-3)30-25(34)21(29)15-19-9-11-20(33)12-10-19/h4-12,17,21-24,33H,13-16,29H2,1-3H3,(H,30,34)(H,31,35)(H,32,36)(H,37,38). The Bertz CT molecular complexity index is 1100. The Labute approximate surface area is 233 Å². The highest BCUT2D eigenvalue weighted by atomic mass is 32.2. The predicted molar refractivity (Wildman–Crippen MR) is 151 cm³/mol. The molecule has 10 nitrogen and oxygen atoms in total. The van der Waals surface area contributed by atoms with Gasteiger partial charge in [-0.3, -0.25) is 14.4 Å². The molecular weight excluding hydrogens is 520 g/mol. The van der Waals surface area contributed by atoms with Crippen molar-refractivity contribution in [1.29, 1.82) is 0 Å². The Kier molecular flexibility index (Phi) is 12.8. The van der Waals surface area contributed by atoms with Gasteiger partial charge in [-0.2, -0.15) is 11.8 Å². The lowest BCUT2D eigenvalue weighted by Gasteiger charge is -2.26. The van der Waals surface area contributed by atoms with Gasteiger partial charge in [0.25, 0.3) is 0 Å². The number of hydrogen-bond acceptors (Lipinski definition) is 7. The molecule has 7 N–H and O–H groups in total. The van der Waals surface area contributed by atoms with Crippen LogP contribution < -0.4 is 21.7 Å². The van der Waals surface area contributed by atoms with Gasteiger partial charge in [-0.15, -0.1) is 0 Å². The van der Waals surface area contributed by atoms with E-state index in [9.17, 15) is 29.4 Å². The molecule has 0 fully saturated rings. The number of carboxylic acid groups (broad SMARTS) is 1. The molecule has 2 aromatic carbocycles. The number of carboxylic acids is 1. The van der Waals surface area contributed by atoms with Crippen LogP contribution in [0.25, 0.3) is 0 Å². The molecule has 0 radical (unpaired) electrons. The summed E-state index contributed by atoms with van der Waals surface area (Å²) in [6.07, 6.45) is 2.51. The maximum atomic E-state index is 13.4. The highest BCUT2D eigenvalue weighted by Crippen LogP contribution is 2.12. The zero-order chi connectivity index (χ0) is 28.9. The number of benzene rings is 2. The Morgan fingerprint density at radius 3 is 1.95 bits per heavy atom. The molecule has 0 spiro atoms. The molecule has 0 aliphatic rings. The second-order valence-electron chi connectivity index (χ2n) is 9.64. The monoisotopic (exact) mass is 558 g/mol. The van der Waals surface area contributed by atoms with Crippen LogP contribution in [0.3, 0.4) is 0 Å². The van der Waals surface area contributed by atoms with E-state index in [1.165, 1.54) is 23.9 Å². The van der Waals surface area contributed by atoms with Crippen LogP contribution >= 0.6 is 11.8 Å². The fourth-order valence-corrected chi connectivity index (χ4v) is 4.33. The summed E-state index contributed by atoms with van der Waals surface area (Å²) in [5.74, 6) is -2.61. The van der Waals surface area contributed by atoms with E-state index in [-0.39, 0.29) is 24.5 Å².